The van der Waals surface area contributed by atoms with Crippen molar-refractivity contribution in [1.82, 2.24) is 0 Å². The second kappa shape index (κ2) is 2.73. The van der Waals surface area contributed by atoms with Gasteiger partial charge in [0, 0.05) is 6.42 Å². The van der Waals surface area contributed by atoms with E-state index in [1.807, 2.05) is 6.92 Å². The van der Waals surface area contributed by atoms with Crippen molar-refractivity contribution in [2.45, 2.75) is 45.2 Å². The lowest BCUT2D eigenvalue weighted by atomic mass is 10.2. The van der Waals surface area contributed by atoms with Crippen LogP contribution in [0, 0.1) is 0 Å². The van der Waals surface area contributed by atoms with Crippen molar-refractivity contribution in [2.75, 3.05) is 6.61 Å². The molecule has 0 radical (unpaired) electrons. The Labute approximate surface area is 67.3 Å². The van der Waals surface area contributed by atoms with Gasteiger partial charge < -0.3 is 14.6 Å². The fourth-order valence-electron chi connectivity index (χ4n) is 1.32. The molecule has 1 rings (SSSR count). The van der Waals surface area contributed by atoms with E-state index in [0.717, 1.165) is 6.42 Å². The van der Waals surface area contributed by atoms with Crippen molar-refractivity contribution >= 4 is 0 Å². The number of hydrogen-bond donors (Lipinski definition) is 1. The van der Waals surface area contributed by atoms with Crippen LogP contribution in [0.1, 0.15) is 33.6 Å². The second-order valence-electron chi connectivity index (χ2n) is 3.49. The van der Waals surface area contributed by atoms with Crippen LogP contribution < -0.4 is 0 Å². The van der Waals surface area contributed by atoms with Gasteiger partial charge in [-0.2, -0.15) is 0 Å². The summed E-state index contributed by atoms with van der Waals surface area (Å²) >= 11 is 0. The predicted octanol–water partition coefficient (Wildman–Crippen LogP) is 1.26. The molecule has 11 heavy (non-hydrogen) atoms. The zero-order valence-electron chi connectivity index (χ0n) is 7.39. The summed E-state index contributed by atoms with van der Waals surface area (Å²) in [4.78, 5) is 0. The highest BCUT2D eigenvalue weighted by Crippen LogP contribution is 2.31. The van der Waals surface area contributed by atoms with Crippen molar-refractivity contribution in [2.24, 2.45) is 0 Å². The molecule has 1 N–H and O–H groups in total. The van der Waals surface area contributed by atoms with Crippen LogP contribution in [0.5, 0.6) is 0 Å². The van der Waals surface area contributed by atoms with Crippen LogP contribution >= 0.6 is 0 Å². The third-order valence-corrected chi connectivity index (χ3v) is 1.72. The highest BCUT2D eigenvalue weighted by molar-refractivity contribution is 4.76. The molecule has 66 valence electrons. The first-order valence-electron chi connectivity index (χ1n) is 4.04. The van der Waals surface area contributed by atoms with Crippen LogP contribution in [0.3, 0.4) is 0 Å². The van der Waals surface area contributed by atoms with Crippen LogP contribution in [0.4, 0.5) is 0 Å². The Bertz CT molecular complexity index is 144. The van der Waals surface area contributed by atoms with E-state index in [-0.39, 0.29) is 6.61 Å². The maximum atomic E-state index is 9.68. The monoisotopic (exact) mass is 160 g/mol. The van der Waals surface area contributed by atoms with Gasteiger partial charge in [-0.15, -0.1) is 0 Å². The molecule has 0 aliphatic carbocycles. The smallest absolute Gasteiger partial charge is 0.192 e. The zero-order chi connectivity index (χ0) is 8.54. The van der Waals surface area contributed by atoms with Gasteiger partial charge >= 0.3 is 0 Å². The summed E-state index contributed by atoms with van der Waals surface area (Å²) in [5.41, 5.74) is 0. The first kappa shape index (κ1) is 8.97. The summed E-state index contributed by atoms with van der Waals surface area (Å²) in [6.07, 6.45) is 1.53. The molecule has 0 saturated carbocycles. The standard InChI is InChI=1S/C8H16O3/c1-4-5-8(9)6-10-7(2,3)11-8/h9H,4-6H2,1-3H3/t8-/m0/s1. The van der Waals surface area contributed by atoms with E-state index in [1.165, 1.54) is 0 Å². The van der Waals surface area contributed by atoms with Crippen molar-refractivity contribution in [3.8, 4) is 0 Å². The zero-order valence-corrected chi connectivity index (χ0v) is 7.39. The van der Waals surface area contributed by atoms with Crippen LogP contribution in [-0.4, -0.2) is 23.3 Å². The number of ether oxygens (including phenoxy) is 2. The molecule has 0 bridgehead atoms. The fraction of sp³-hybridized carbons (Fsp3) is 1.00. The maximum Gasteiger partial charge on any atom is 0.192 e. The van der Waals surface area contributed by atoms with Crippen LogP contribution in [0.15, 0.2) is 0 Å². The van der Waals surface area contributed by atoms with E-state index in [9.17, 15) is 5.11 Å². The quantitative estimate of drug-likeness (QED) is 0.661. The van der Waals surface area contributed by atoms with Gasteiger partial charge in [-0.05, 0) is 13.8 Å². The van der Waals surface area contributed by atoms with Gasteiger partial charge in [-0.1, -0.05) is 13.3 Å². The van der Waals surface area contributed by atoms with Gasteiger partial charge in [0.2, 0.25) is 0 Å². The highest BCUT2D eigenvalue weighted by Gasteiger charge is 2.43. The Morgan fingerprint density at radius 2 is 2.09 bits per heavy atom. The average molecular weight is 160 g/mol. The Morgan fingerprint density at radius 1 is 1.45 bits per heavy atom. The summed E-state index contributed by atoms with van der Waals surface area (Å²) in [5.74, 6) is -1.66. The number of aliphatic hydroxyl groups is 1. The topological polar surface area (TPSA) is 38.7 Å². The molecule has 0 amide bonds. The molecule has 0 aromatic heterocycles. The Balaban J connectivity index is 2.51. The van der Waals surface area contributed by atoms with E-state index in [1.54, 1.807) is 13.8 Å². The minimum atomic E-state index is -1.04. The molecule has 1 aliphatic rings. The Kier molecular flexibility index (Phi) is 2.23. The van der Waals surface area contributed by atoms with Gasteiger partial charge in [0.15, 0.2) is 11.6 Å². The summed E-state index contributed by atoms with van der Waals surface area (Å²) in [5, 5.41) is 9.68. The number of rotatable bonds is 2. The van der Waals surface area contributed by atoms with E-state index in [4.69, 9.17) is 9.47 Å². The first-order chi connectivity index (χ1) is 4.97. The van der Waals surface area contributed by atoms with Crippen LogP contribution in [-0.2, 0) is 9.47 Å². The number of hydrogen-bond acceptors (Lipinski definition) is 3. The van der Waals surface area contributed by atoms with E-state index >= 15 is 0 Å². The predicted molar refractivity (Wildman–Crippen MR) is 41.0 cm³/mol. The molecule has 0 aromatic carbocycles. The van der Waals surface area contributed by atoms with Crippen molar-refractivity contribution in [3.63, 3.8) is 0 Å². The molecule has 1 atom stereocenters. The van der Waals surface area contributed by atoms with E-state index < -0.39 is 11.6 Å². The molecule has 0 aromatic rings. The minimum absolute atomic E-state index is 0.286. The molecule has 1 heterocycles. The molecular weight excluding hydrogens is 144 g/mol. The summed E-state index contributed by atoms with van der Waals surface area (Å²) in [6.45, 7) is 5.90. The molecule has 3 heteroatoms. The lowest BCUT2D eigenvalue weighted by Gasteiger charge is -2.22. The minimum Gasteiger partial charge on any atom is -0.364 e. The molecular formula is C8H16O3. The Morgan fingerprint density at radius 3 is 2.45 bits per heavy atom. The van der Waals surface area contributed by atoms with Crippen molar-refractivity contribution in [3.05, 3.63) is 0 Å². The van der Waals surface area contributed by atoms with E-state index in [0.29, 0.717) is 6.42 Å². The van der Waals surface area contributed by atoms with Crippen molar-refractivity contribution in [1.29, 1.82) is 0 Å². The summed E-state index contributed by atoms with van der Waals surface area (Å²) in [6, 6.07) is 0. The fourth-order valence-corrected chi connectivity index (χ4v) is 1.32. The SMILES string of the molecule is CCC[C@@]1(O)COC(C)(C)O1. The average Bonchev–Trinajstić information content (AvgIpc) is 2.07. The van der Waals surface area contributed by atoms with Crippen LogP contribution in [0.25, 0.3) is 0 Å². The molecule has 1 aliphatic heterocycles. The van der Waals surface area contributed by atoms with Gasteiger partial charge in [0.05, 0.1) is 0 Å². The molecule has 1 saturated heterocycles. The lowest BCUT2D eigenvalue weighted by molar-refractivity contribution is -0.232. The lowest BCUT2D eigenvalue weighted by Crippen LogP contribution is -2.33. The van der Waals surface area contributed by atoms with Gasteiger partial charge in [-0.25, -0.2) is 0 Å². The van der Waals surface area contributed by atoms with Gasteiger partial charge in [0.25, 0.3) is 0 Å². The van der Waals surface area contributed by atoms with Crippen LogP contribution in [0.2, 0.25) is 0 Å². The largest absolute Gasteiger partial charge is 0.364 e. The van der Waals surface area contributed by atoms with Crippen molar-refractivity contribution < 1.29 is 14.6 Å². The van der Waals surface area contributed by atoms with E-state index in [2.05, 4.69) is 0 Å². The third kappa shape index (κ3) is 2.15. The Hall–Kier alpha value is -0.120. The maximum absolute atomic E-state index is 9.68. The normalized spacial score (nSPS) is 36.0. The second-order valence-corrected chi connectivity index (χ2v) is 3.49. The molecule has 3 nitrogen and oxygen atoms in total. The van der Waals surface area contributed by atoms with Gasteiger partial charge in [-0.3, -0.25) is 0 Å². The summed E-state index contributed by atoms with van der Waals surface area (Å²) < 4.78 is 10.5. The molecule has 1 fully saturated rings. The first-order valence-corrected chi connectivity index (χ1v) is 4.04. The summed E-state index contributed by atoms with van der Waals surface area (Å²) in [7, 11) is 0. The third-order valence-electron chi connectivity index (χ3n) is 1.72. The molecule has 0 unspecified atom stereocenters. The highest BCUT2D eigenvalue weighted by atomic mass is 16.8. The molecule has 0 spiro atoms. The van der Waals surface area contributed by atoms with Gasteiger partial charge in [0.1, 0.15) is 6.61 Å².